The Bertz CT molecular complexity index is 1020. The molecule has 1 heterocycles. The lowest BCUT2D eigenvalue weighted by atomic mass is 9.55. The Morgan fingerprint density at radius 1 is 1.14 bits per heavy atom. The molecule has 0 aromatic carbocycles. The van der Waals surface area contributed by atoms with Crippen molar-refractivity contribution in [1.82, 2.24) is 0 Å². The predicted octanol–water partition coefficient (Wildman–Crippen LogP) is 4.30. The average Bonchev–Trinajstić information content (AvgIpc) is 2.80. The number of esters is 1. The topological polar surface area (TPSA) is 136 Å². The van der Waals surface area contributed by atoms with E-state index >= 15 is 0 Å². The van der Waals surface area contributed by atoms with E-state index in [1.54, 1.807) is 26.0 Å². The molecular weight excluding hydrogens is 490 g/mol. The summed E-state index contributed by atoms with van der Waals surface area (Å²) in [6.45, 7) is 8.23. The fraction of sp³-hybridized carbons (Fsp3) is 0.615. The molecule has 0 saturated heterocycles. The zero-order chi connectivity index (χ0) is 26.9. The second kappa shape index (κ2) is 10.8. The van der Waals surface area contributed by atoms with Gasteiger partial charge < -0.3 is 19.8 Å². The van der Waals surface area contributed by atoms with Gasteiger partial charge in [0.2, 0.25) is 0 Å². The first-order chi connectivity index (χ1) is 16.8. The summed E-state index contributed by atoms with van der Waals surface area (Å²) in [7, 11) is 0. The molecule has 2 N–H and O–H groups in total. The maximum Gasteiger partial charge on any atom is 0.317 e. The van der Waals surface area contributed by atoms with Crippen LogP contribution in [0.25, 0.3) is 0 Å². The molecule has 3 aliphatic rings. The van der Waals surface area contributed by atoms with Crippen molar-refractivity contribution < 1.29 is 34.5 Å². The minimum atomic E-state index is -1.49. The van der Waals surface area contributed by atoms with Gasteiger partial charge in [-0.3, -0.25) is 9.59 Å². The van der Waals surface area contributed by atoms with E-state index in [-0.39, 0.29) is 29.9 Å². The van der Waals surface area contributed by atoms with Gasteiger partial charge in [0.1, 0.15) is 28.9 Å². The van der Waals surface area contributed by atoms with Crippen LogP contribution >= 0.6 is 11.6 Å². The van der Waals surface area contributed by atoms with Gasteiger partial charge in [-0.25, -0.2) is 0 Å². The number of nitrogens with zero attached hydrogens (tertiary/aromatic N) is 1. The molecule has 3 rings (SSSR count). The van der Waals surface area contributed by atoms with Crippen LogP contribution in [0.3, 0.4) is 0 Å². The van der Waals surface area contributed by atoms with Crippen molar-refractivity contribution in [3.05, 3.63) is 57.4 Å². The summed E-state index contributed by atoms with van der Waals surface area (Å²) in [4.78, 5) is 41.8. The van der Waals surface area contributed by atoms with Gasteiger partial charge in [-0.2, -0.15) is 0 Å². The lowest BCUT2D eigenvalue weighted by molar-refractivity contribution is -0.776. The molecule has 0 amide bonds. The van der Waals surface area contributed by atoms with Crippen LogP contribution in [0.5, 0.6) is 0 Å². The van der Waals surface area contributed by atoms with Crippen LogP contribution in [-0.4, -0.2) is 44.9 Å². The number of rotatable bonds is 2. The van der Waals surface area contributed by atoms with Gasteiger partial charge in [0, 0.05) is 5.92 Å². The number of Topliss-reactive ketones (excluding diaryl/α,β-unsaturated/α-hetero) is 1. The number of halogens is 1. The van der Waals surface area contributed by atoms with Gasteiger partial charge in [-0.05, 0) is 62.9 Å². The van der Waals surface area contributed by atoms with Gasteiger partial charge in [0.15, 0.2) is 5.78 Å². The minimum Gasteiger partial charge on any atom is -0.510 e. The maximum atomic E-state index is 13.1. The largest absolute Gasteiger partial charge is 0.510 e. The third-order valence-electron chi connectivity index (χ3n) is 7.77. The highest BCUT2D eigenvalue weighted by atomic mass is 35.5. The Labute approximate surface area is 215 Å². The number of ether oxygens (including phenoxy) is 1. The standard InChI is InChI=1S/C26H34ClNO8/c1-13-8-6-7-9-14(2)35-25(31)16(4)22(29)21(27)23(30)20-18(13)11-10-17-12-26(5,32)24(36-28(33)34)15(3)19(17)20/h6-11,13-20,24,30,32H,12H2,1-5H3/b8-6-,9-7+,23-21?/t13-,14+,15+,16+,17-,18+,19-,20-,24-,26-/m1/s1. The molecule has 9 nitrogen and oxygen atoms in total. The summed E-state index contributed by atoms with van der Waals surface area (Å²) in [5, 5.41) is 32.3. The van der Waals surface area contributed by atoms with Crippen LogP contribution in [0.2, 0.25) is 0 Å². The van der Waals surface area contributed by atoms with E-state index in [1.807, 2.05) is 31.2 Å². The first-order valence-electron chi connectivity index (χ1n) is 12.2. The first kappa shape index (κ1) is 27.9. The van der Waals surface area contributed by atoms with E-state index in [0.717, 1.165) is 0 Å². The zero-order valence-electron chi connectivity index (χ0n) is 21.0. The summed E-state index contributed by atoms with van der Waals surface area (Å²) < 4.78 is 5.31. The Morgan fingerprint density at radius 2 is 1.78 bits per heavy atom. The lowest BCUT2D eigenvalue weighted by Gasteiger charge is -2.53. The number of hydrogen-bond donors (Lipinski definition) is 2. The normalized spacial score (nSPS) is 43.5. The van der Waals surface area contributed by atoms with E-state index in [0.29, 0.717) is 0 Å². The molecule has 0 aromatic heterocycles. The first-order valence-corrected chi connectivity index (χ1v) is 12.5. The van der Waals surface area contributed by atoms with E-state index in [4.69, 9.17) is 21.2 Å². The second-order valence-corrected chi connectivity index (χ2v) is 10.8. The maximum absolute atomic E-state index is 13.1. The molecule has 36 heavy (non-hydrogen) atoms. The number of fused-ring (bicyclic) bond motifs is 3. The van der Waals surface area contributed by atoms with Crippen LogP contribution in [0, 0.1) is 51.5 Å². The zero-order valence-corrected chi connectivity index (χ0v) is 21.8. The molecule has 10 heteroatoms. The van der Waals surface area contributed by atoms with Crippen molar-refractivity contribution in [1.29, 1.82) is 0 Å². The molecule has 198 valence electrons. The van der Waals surface area contributed by atoms with Crippen LogP contribution in [0.15, 0.2) is 47.2 Å². The molecule has 0 radical (unpaired) electrons. The minimum absolute atomic E-state index is 0.124. The highest BCUT2D eigenvalue weighted by Gasteiger charge is 2.55. The fourth-order valence-electron chi connectivity index (χ4n) is 5.98. The predicted molar refractivity (Wildman–Crippen MR) is 132 cm³/mol. The van der Waals surface area contributed by atoms with E-state index in [2.05, 4.69) is 0 Å². The van der Waals surface area contributed by atoms with Crippen LogP contribution in [-0.2, 0) is 19.2 Å². The van der Waals surface area contributed by atoms with Crippen molar-refractivity contribution in [3.8, 4) is 0 Å². The summed E-state index contributed by atoms with van der Waals surface area (Å²) in [5.41, 5.74) is -1.49. The SMILES string of the molecule is C[C@@H]1C(=O)O[C@@H](C)/C=C/C=C\[C@@H](C)[C@@H]2C=C[C@@H]3C[C@@](C)(O)[C@H](O[N+](=O)[O-])[C@@H](C)[C@H]3[C@@H]2C(O)=C(Cl)C1=O. The summed E-state index contributed by atoms with van der Waals surface area (Å²) >= 11 is 6.43. The number of hydrogen-bond acceptors (Lipinski definition) is 8. The van der Waals surface area contributed by atoms with Gasteiger partial charge in [-0.1, -0.05) is 55.8 Å². The molecule has 0 spiro atoms. The molecule has 10 atom stereocenters. The third kappa shape index (κ3) is 5.52. The Balaban J connectivity index is 2.16. The number of carbonyl (C=O) groups excluding carboxylic acids is 2. The molecule has 1 fully saturated rings. The average molecular weight is 524 g/mol. The fourth-order valence-corrected chi connectivity index (χ4v) is 6.27. The summed E-state index contributed by atoms with van der Waals surface area (Å²) in [6, 6.07) is 0. The molecule has 0 unspecified atom stereocenters. The van der Waals surface area contributed by atoms with Crippen molar-refractivity contribution in [2.24, 2.45) is 41.4 Å². The number of aliphatic hydroxyl groups is 2. The lowest BCUT2D eigenvalue weighted by Crippen LogP contribution is -2.58. The van der Waals surface area contributed by atoms with Crippen LogP contribution in [0.4, 0.5) is 0 Å². The Hall–Kier alpha value is -2.65. The smallest absolute Gasteiger partial charge is 0.317 e. The number of ketones is 1. The van der Waals surface area contributed by atoms with Gasteiger partial charge in [0.25, 0.3) is 5.09 Å². The Kier molecular flexibility index (Phi) is 8.35. The number of aliphatic hydroxyl groups excluding tert-OH is 1. The van der Waals surface area contributed by atoms with Gasteiger partial charge in [-0.15, -0.1) is 10.1 Å². The molecule has 0 aromatic rings. The molecule has 1 aliphatic heterocycles. The van der Waals surface area contributed by atoms with Gasteiger partial charge in [0.05, 0.1) is 5.60 Å². The number of carbonyl (C=O) groups is 2. The van der Waals surface area contributed by atoms with Crippen LogP contribution in [0.1, 0.15) is 41.0 Å². The number of cyclic esters (lactones) is 1. The van der Waals surface area contributed by atoms with E-state index in [1.165, 1.54) is 13.8 Å². The quantitative estimate of drug-likeness (QED) is 0.180. The third-order valence-corrected chi connectivity index (χ3v) is 8.15. The molecule has 0 bridgehead atoms. The Morgan fingerprint density at radius 3 is 2.42 bits per heavy atom. The van der Waals surface area contributed by atoms with E-state index < -0.39 is 63.4 Å². The van der Waals surface area contributed by atoms with Crippen molar-refractivity contribution in [2.75, 3.05) is 0 Å². The summed E-state index contributed by atoms with van der Waals surface area (Å²) in [6.07, 6.45) is 9.54. The second-order valence-electron chi connectivity index (χ2n) is 10.5. The molecule has 2 aliphatic carbocycles. The van der Waals surface area contributed by atoms with E-state index in [9.17, 15) is 29.9 Å². The monoisotopic (exact) mass is 523 g/mol. The summed E-state index contributed by atoms with van der Waals surface area (Å²) in [5.74, 6) is -5.59. The highest BCUT2D eigenvalue weighted by Crippen LogP contribution is 2.53. The number of allylic oxidation sites excluding steroid dienone is 7. The van der Waals surface area contributed by atoms with Crippen molar-refractivity contribution in [3.63, 3.8) is 0 Å². The van der Waals surface area contributed by atoms with Crippen molar-refractivity contribution >= 4 is 23.4 Å². The molecule has 1 saturated carbocycles. The highest BCUT2D eigenvalue weighted by molar-refractivity contribution is 6.44. The van der Waals surface area contributed by atoms with Gasteiger partial charge >= 0.3 is 5.97 Å². The molecular formula is C26H34ClNO8. The van der Waals surface area contributed by atoms with Crippen LogP contribution < -0.4 is 0 Å². The van der Waals surface area contributed by atoms with Crippen molar-refractivity contribution in [2.45, 2.75) is 58.8 Å².